The number of oxime groups is 1. The third-order valence-electron chi connectivity index (χ3n) is 2.14. The Hall–Kier alpha value is -1.77. The minimum absolute atomic E-state index is 0.0134. The van der Waals surface area contributed by atoms with Crippen molar-refractivity contribution in [2.45, 2.75) is 11.9 Å². The maximum absolute atomic E-state index is 12.4. The van der Waals surface area contributed by atoms with Crippen LogP contribution in [0.3, 0.4) is 0 Å². The topological polar surface area (TPSA) is 92.8 Å². The number of nitrogens with two attached hydrogens (primary N) is 1. The van der Waals surface area contributed by atoms with Crippen LogP contribution in [0.1, 0.15) is 11.1 Å². The molecule has 0 aliphatic rings. The van der Waals surface area contributed by atoms with E-state index >= 15 is 0 Å². The summed E-state index contributed by atoms with van der Waals surface area (Å²) in [5.41, 5.74) is 4.11. The molecule has 0 unspecified atom stereocenters. The smallest absolute Gasteiger partial charge is 0.409 e. The molecule has 0 amide bonds. The standard InChI is InChI=1S/C10H11F3N2O3S/c11-10(12,13)8-3-1-2-7(4-8)5-19(17,18)6-9(14)15-16/h1-4,16H,5-6H2,(H2,14,15). The Labute approximate surface area is 107 Å². The van der Waals surface area contributed by atoms with E-state index in [-0.39, 0.29) is 5.56 Å². The Morgan fingerprint density at radius 1 is 1.37 bits per heavy atom. The number of halogens is 3. The summed E-state index contributed by atoms with van der Waals surface area (Å²) in [6.07, 6.45) is -4.54. The fourth-order valence-corrected chi connectivity index (χ4v) is 2.69. The van der Waals surface area contributed by atoms with E-state index in [9.17, 15) is 21.6 Å². The Bertz CT molecular complexity index is 582. The van der Waals surface area contributed by atoms with Gasteiger partial charge in [-0.25, -0.2) is 8.42 Å². The Kier molecular flexibility index (Phi) is 4.40. The largest absolute Gasteiger partial charge is 0.416 e. The zero-order valence-electron chi connectivity index (χ0n) is 9.55. The highest BCUT2D eigenvalue weighted by molar-refractivity contribution is 7.91. The van der Waals surface area contributed by atoms with Gasteiger partial charge in [0.05, 0.1) is 11.3 Å². The van der Waals surface area contributed by atoms with Gasteiger partial charge in [-0.3, -0.25) is 0 Å². The summed E-state index contributed by atoms with van der Waals surface area (Å²) in [5, 5.41) is 10.8. The lowest BCUT2D eigenvalue weighted by atomic mass is 10.1. The van der Waals surface area contributed by atoms with Crippen LogP contribution in [0.4, 0.5) is 13.2 Å². The first-order valence-electron chi connectivity index (χ1n) is 4.97. The number of hydrogen-bond acceptors (Lipinski definition) is 4. The highest BCUT2D eigenvalue weighted by atomic mass is 32.2. The average molecular weight is 296 g/mol. The van der Waals surface area contributed by atoms with Crippen LogP contribution >= 0.6 is 0 Å². The molecule has 106 valence electrons. The summed E-state index contributed by atoms with van der Waals surface area (Å²) < 4.78 is 60.5. The molecule has 0 bridgehead atoms. The van der Waals surface area contributed by atoms with Gasteiger partial charge in [0.1, 0.15) is 5.75 Å². The molecule has 0 atom stereocenters. The molecule has 3 N–H and O–H groups in total. The lowest BCUT2D eigenvalue weighted by molar-refractivity contribution is -0.137. The molecule has 0 heterocycles. The minimum Gasteiger partial charge on any atom is -0.409 e. The van der Waals surface area contributed by atoms with Gasteiger partial charge >= 0.3 is 6.18 Å². The zero-order chi connectivity index (χ0) is 14.7. The molecule has 5 nitrogen and oxygen atoms in total. The van der Waals surface area contributed by atoms with Gasteiger partial charge < -0.3 is 10.9 Å². The second-order valence-corrected chi connectivity index (χ2v) is 5.89. The molecular formula is C10H11F3N2O3S. The molecule has 0 saturated heterocycles. The van der Waals surface area contributed by atoms with Crippen LogP contribution in [0, 0.1) is 0 Å². The van der Waals surface area contributed by atoms with Gasteiger partial charge in [-0.05, 0) is 11.6 Å². The molecule has 19 heavy (non-hydrogen) atoms. The van der Waals surface area contributed by atoms with Crippen LogP contribution < -0.4 is 5.73 Å². The normalized spacial score (nSPS) is 13.5. The monoisotopic (exact) mass is 296 g/mol. The van der Waals surface area contributed by atoms with Crippen molar-refractivity contribution in [3.05, 3.63) is 35.4 Å². The van der Waals surface area contributed by atoms with Crippen LogP contribution in [0.5, 0.6) is 0 Å². The summed E-state index contributed by atoms with van der Waals surface area (Å²) in [4.78, 5) is 0. The van der Waals surface area contributed by atoms with Crippen molar-refractivity contribution in [1.29, 1.82) is 0 Å². The predicted molar refractivity (Wildman–Crippen MR) is 62.3 cm³/mol. The molecule has 9 heteroatoms. The fourth-order valence-electron chi connectivity index (χ4n) is 1.40. The molecule has 1 aromatic rings. The molecular weight excluding hydrogens is 285 g/mol. The summed E-state index contributed by atoms with van der Waals surface area (Å²) in [6.45, 7) is 0. The van der Waals surface area contributed by atoms with Crippen molar-refractivity contribution < 1.29 is 26.8 Å². The summed E-state index contributed by atoms with van der Waals surface area (Å²) in [7, 11) is -3.79. The first kappa shape index (κ1) is 15.3. The van der Waals surface area contributed by atoms with Gasteiger partial charge in [-0.15, -0.1) is 0 Å². The zero-order valence-corrected chi connectivity index (χ0v) is 10.4. The second-order valence-electron chi connectivity index (χ2n) is 3.82. The Morgan fingerprint density at radius 3 is 2.53 bits per heavy atom. The van der Waals surface area contributed by atoms with Crippen LogP contribution in [0.2, 0.25) is 0 Å². The molecule has 1 rings (SSSR count). The van der Waals surface area contributed by atoms with E-state index in [1.165, 1.54) is 6.07 Å². The number of benzene rings is 1. The van der Waals surface area contributed by atoms with Crippen molar-refractivity contribution in [3.63, 3.8) is 0 Å². The van der Waals surface area contributed by atoms with E-state index in [0.717, 1.165) is 18.2 Å². The van der Waals surface area contributed by atoms with E-state index < -0.39 is 38.9 Å². The highest BCUT2D eigenvalue weighted by Gasteiger charge is 2.30. The van der Waals surface area contributed by atoms with E-state index in [1.54, 1.807) is 0 Å². The van der Waals surface area contributed by atoms with E-state index in [1.807, 2.05) is 0 Å². The van der Waals surface area contributed by atoms with E-state index in [2.05, 4.69) is 5.16 Å². The highest BCUT2D eigenvalue weighted by Crippen LogP contribution is 2.29. The molecule has 0 spiro atoms. The number of rotatable bonds is 4. The first-order valence-corrected chi connectivity index (χ1v) is 6.79. The van der Waals surface area contributed by atoms with Gasteiger partial charge in [0.25, 0.3) is 0 Å². The van der Waals surface area contributed by atoms with Crippen molar-refractivity contribution in [1.82, 2.24) is 0 Å². The molecule has 0 radical (unpaired) electrons. The summed E-state index contributed by atoms with van der Waals surface area (Å²) in [5.74, 6) is -1.86. The molecule has 0 fully saturated rings. The SMILES string of the molecule is N/C(CS(=O)(=O)Cc1cccc(C(F)(F)F)c1)=N/O. The van der Waals surface area contributed by atoms with Crippen LogP contribution in [-0.2, 0) is 21.8 Å². The maximum atomic E-state index is 12.4. The molecule has 0 aromatic heterocycles. The predicted octanol–water partition coefficient (Wildman–Crippen LogP) is 1.37. The quantitative estimate of drug-likeness (QED) is 0.380. The first-order chi connectivity index (χ1) is 8.64. The van der Waals surface area contributed by atoms with Gasteiger partial charge in [-0.2, -0.15) is 13.2 Å². The second kappa shape index (κ2) is 5.47. The third kappa shape index (κ3) is 4.78. The van der Waals surface area contributed by atoms with Crippen molar-refractivity contribution in [3.8, 4) is 0 Å². The lowest BCUT2D eigenvalue weighted by Gasteiger charge is -2.09. The Balaban J connectivity index is 2.95. The lowest BCUT2D eigenvalue weighted by Crippen LogP contribution is -2.24. The number of nitrogens with zero attached hydrogens (tertiary/aromatic N) is 1. The van der Waals surface area contributed by atoms with E-state index in [4.69, 9.17) is 10.9 Å². The number of alkyl halides is 3. The molecule has 0 saturated carbocycles. The summed E-state index contributed by atoms with van der Waals surface area (Å²) >= 11 is 0. The van der Waals surface area contributed by atoms with Crippen LogP contribution in [0.25, 0.3) is 0 Å². The van der Waals surface area contributed by atoms with Crippen LogP contribution in [0.15, 0.2) is 29.4 Å². The van der Waals surface area contributed by atoms with Gasteiger partial charge in [0, 0.05) is 0 Å². The van der Waals surface area contributed by atoms with Crippen LogP contribution in [-0.4, -0.2) is 25.2 Å². The van der Waals surface area contributed by atoms with Crippen molar-refractivity contribution >= 4 is 15.7 Å². The summed E-state index contributed by atoms with van der Waals surface area (Å²) in [6, 6.07) is 3.99. The average Bonchev–Trinajstić information content (AvgIpc) is 2.26. The maximum Gasteiger partial charge on any atom is 0.416 e. The number of sulfone groups is 1. The fraction of sp³-hybridized carbons (Fsp3) is 0.300. The minimum atomic E-state index is -4.54. The van der Waals surface area contributed by atoms with Gasteiger partial charge in [0.2, 0.25) is 0 Å². The molecule has 1 aromatic carbocycles. The molecule has 0 aliphatic heterocycles. The molecule has 0 aliphatic carbocycles. The van der Waals surface area contributed by atoms with Gasteiger partial charge in [-0.1, -0.05) is 23.4 Å². The van der Waals surface area contributed by atoms with Gasteiger partial charge in [0.15, 0.2) is 15.7 Å². The number of amidine groups is 1. The third-order valence-corrected chi connectivity index (χ3v) is 3.65. The Morgan fingerprint density at radius 2 is 2.00 bits per heavy atom. The van der Waals surface area contributed by atoms with E-state index in [0.29, 0.717) is 0 Å². The van der Waals surface area contributed by atoms with Crippen molar-refractivity contribution in [2.24, 2.45) is 10.9 Å². The number of hydrogen-bond donors (Lipinski definition) is 2. The van der Waals surface area contributed by atoms with Crippen molar-refractivity contribution in [2.75, 3.05) is 5.75 Å².